The molecule has 0 aliphatic carbocycles. The maximum Gasteiger partial charge on any atom is 0.317 e. The predicted octanol–water partition coefficient (Wildman–Crippen LogP) is 6.90. The maximum atomic E-state index is 12.2. The molecule has 1 N–H and O–H groups in total. The van der Waals surface area contributed by atoms with Gasteiger partial charge in [-0.05, 0) is 72.8 Å². The van der Waals surface area contributed by atoms with Gasteiger partial charge < -0.3 is 10.2 Å². The van der Waals surface area contributed by atoms with Crippen LogP contribution in [-0.4, -0.2) is 61.6 Å². The van der Waals surface area contributed by atoms with Crippen LogP contribution in [0.2, 0.25) is 0 Å². The van der Waals surface area contributed by atoms with Crippen LogP contribution in [0, 0.1) is 4.91 Å². The number of benzene rings is 2. The van der Waals surface area contributed by atoms with Gasteiger partial charge in [-0.25, -0.2) is 0 Å². The van der Waals surface area contributed by atoms with Crippen molar-refractivity contribution in [2.24, 2.45) is 5.18 Å². The quantitative estimate of drug-likeness (QED) is 0.210. The number of carbonyl (C=O) groups excluding carboxylic acids is 1. The van der Waals surface area contributed by atoms with E-state index in [1.54, 1.807) is 6.07 Å². The van der Waals surface area contributed by atoms with Gasteiger partial charge in [-0.2, -0.15) is 0 Å². The standard InChI is InChI=1S/C36H39N5O2/c1-4-26(2)23-27(3)15-18-40-19-21-41(22-20-40)32-10-12-35(38-25-32)30-7-5-28(6-8-30)31-9-11-33(36(42)39-43)34(24-31)29-13-16-37-17-14-29/h4-13,23-25,37H,1,3,14-22H2,2H3/b26-23-. The smallest absolute Gasteiger partial charge is 0.317 e. The van der Waals surface area contributed by atoms with Crippen molar-refractivity contribution >= 4 is 17.2 Å². The molecule has 2 aliphatic rings. The first kappa shape index (κ1) is 30.0. The van der Waals surface area contributed by atoms with E-state index in [2.05, 4.69) is 88.9 Å². The van der Waals surface area contributed by atoms with Crippen LogP contribution in [0.1, 0.15) is 35.7 Å². The maximum absolute atomic E-state index is 12.2. The van der Waals surface area contributed by atoms with Crippen LogP contribution >= 0.6 is 0 Å². The van der Waals surface area contributed by atoms with Gasteiger partial charge in [-0.1, -0.05) is 72.9 Å². The lowest BCUT2D eigenvalue weighted by Gasteiger charge is -2.36. The first-order valence-electron chi connectivity index (χ1n) is 14.9. The molecule has 0 bridgehead atoms. The van der Waals surface area contributed by atoms with Gasteiger partial charge in [0.1, 0.15) is 0 Å². The summed E-state index contributed by atoms with van der Waals surface area (Å²) in [5.41, 5.74) is 9.63. The fourth-order valence-electron chi connectivity index (χ4n) is 5.65. The minimum atomic E-state index is -0.735. The van der Waals surface area contributed by atoms with Crippen LogP contribution in [0.25, 0.3) is 28.0 Å². The fourth-order valence-corrected chi connectivity index (χ4v) is 5.65. The highest BCUT2D eigenvalue weighted by Gasteiger charge is 2.19. The molecule has 0 saturated carbocycles. The minimum Gasteiger partial charge on any atom is -0.368 e. The molecule has 3 heterocycles. The van der Waals surface area contributed by atoms with Gasteiger partial charge >= 0.3 is 5.91 Å². The molecule has 0 spiro atoms. The van der Waals surface area contributed by atoms with Gasteiger partial charge in [0, 0.05) is 50.0 Å². The summed E-state index contributed by atoms with van der Waals surface area (Å²) in [4.78, 5) is 32.9. The molecule has 43 heavy (non-hydrogen) atoms. The number of nitroso groups, excluding NO2 is 1. The van der Waals surface area contributed by atoms with Crippen LogP contribution in [0.15, 0.2) is 109 Å². The van der Waals surface area contributed by atoms with Gasteiger partial charge in [0.15, 0.2) is 0 Å². The summed E-state index contributed by atoms with van der Waals surface area (Å²) in [6.07, 6.45) is 9.79. The van der Waals surface area contributed by atoms with Crippen molar-refractivity contribution < 1.29 is 4.79 Å². The van der Waals surface area contributed by atoms with Crippen LogP contribution in [0.4, 0.5) is 5.69 Å². The molecule has 7 nitrogen and oxygen atoms in total. The Labute approximate surface area is 254 Å². The fraction of sp³-hybridized carbons (Fsp3) is 0.278. The summed E-state index contributed by atoms with van der Waals surface area (Å²) in [5.74, 6) is -0.735. The molecular formula is C36H39N5O2. The van der Waals surface area contributed by atoms with E-state index in [9.17, 15) is 9.70 Å². The lowest BCUT2D eigenvalue weighted by molar-refractivity contribution is 0.100. The van der Waals surface area contributed by atoms with Gasteiger partial charge in [0.2, 0.25) is 0 Å². The normalized spacial score (nSPS) is 16.0. The number of amides is 1. The van der Waals surface area contributed by atoms with Crippen molar-refractivity contribution in [3.05, 3.63) is 119 Å². The van der Waals surface area contributed by atoms with E-state index in [-0.39, 0.29) is 0 Å². The second-order valence-corrected chi connectivity index (χ2v) is 11.1. The third-order valence-corrected chi connectivity index (χ3v) is 8.24. The Morgan fingerprint density at radius 2 is 1.77 bits per heavy atom. The SMILES string of the molecule is C=C/C(C)=C\C(=C)CCN1CCN(c2ccc(-c3ccc(-c4ccc(C(=O)N=O)c(C5=CCNCC5)c4)cc3)nc2)CC1. The number of hydrogen-bond acceptors (Lipinski definition) is 6. The number of hydrogen-bond donors (Lipinski definition) is 1. The third kappa shape index (κ3) is 7.49. The Bertz CT molecular complexity index is 1550. The van der Waals surface area contributed by atoms with Crippen LogP contribution in [0.5, 0.6) is 0 Å². The second-order valence-electron chi connectivity index (χ2n) is 11.1. The molecule has 0 radical (unpaired) electrons. The van der Waals surface area contributed by atoms with E-state index in [4.69, 9.17) is 4.98 Å². The van der Waals surface area contributed by atoms with E-state index in [0.29, 0.717) is 5.56 Å². The van der Waals surface area contributed by atoms with E-state index < -0.39 is 5.91 Å². The number of piperazine rings is 1. The molecular weight excluding hydrogens is 534 g/mol. The Balaban J connectivity index is 1.22. The minimum absolute atomic E-state index is 0.354. The van der Waals surface area contributed by atoms with E-state index >= 15 is 0 Å². The molecule has 1 amide bonds. The van der Waals surface area contributed by atoms with E-state index in [1.165, 1.54) is 0 Å². The summed E-state index contributed by atoms with van der Waals surface area (Å²) in [6, 6.07) is 18.1. The van der Waals surface area contributed by atoms with Crippen molar-refractivity contribution in [2.45, 2.75) is 19.8 Å². The number of rotatable bonds is 10. The molecule has 220 valence electrons. The molecule has 0 unspecified atom stereocenters. The monoisotopic (exact) mass is 573 g/mol. The summed E-state index contributed by atoms with van der Waals surface area (Å²) >= 11 is 0. The molecule has 1 aromatic heterocycles. The molecule has 5 rings (SSSR count). The van der Waals surface area contributed by atoms with Crippen molar-refractivity contribution in [1.82, 2.24) is 15.2 Å². The first-order chi connectivity index (χ1) is 20.9. The largest absolute Gasteiger partial charge is 0.368 e. The van der Waals surface area contributed by atoms with Gasteiger partial charge in [-0.15, -0.1) is 4.91 Å². The highest BCUT2D eigenvalue weighted by atomic mass is 16.3. The Morgan fingerprint density at radius 3 is 2.42 bits per heavy atom. The van der Waals surface area contributed by atoms with Crippen molar-refractivity contribution in [1.29, 1.82) is 0 Å². The Kier molecular flexibility index (Phi) is 9.87. The zero-order valence-electron chi connectivity index (χ0n) is 24.9. The van der Waals surface area contributed by atoms with Crippen molar-refractivity contribution in [3.63, 3.8) is 0 Å². The lowest BCUT2D eigenvalue weighted by atomic mass is 9.91. The van der Waals surface area contributed by atoms with Gasteiger partial charge in [-0.3, -0.25) is 14.7 Å². The molecule has 1 saturated heterocycles. The highest BCUT2D eigenvalue weighted by molar-refractivity contribution is 6.00. The van der Waals surface area contributed by atoms with Crippen LogP contribution in [0.3, 0.4) is 0 Å². The molecule has 7 heteroatoms. The average Bonchev–Trinajstić information content (AvgIpc) is 3.07. The van der Waals surface area contributed by atoms with Crippen molar-refractivity contribution in [3.8, 4) is 22.4 Å². The van der Waals surface area contributed by atoms with Gasteiger partial charge in [0.05, 0.1) is 23.1 Å². The lowest BCUT2D eigenvalue weighted by Crippen LogP contribution is -2.46. The van der Waals surface area contributed by atoms with E-state index in [0.717, 1.165) is 109 Å². The zero-order chi connectivity index (χ0) is 30.2. The zero-order valence-corrected chi connectivity index (χ0v) is 24.9. The average molecular weight is 574 g/mol. The summed E-state index contributed by atoms with van der Waals surface area (Å²) < 4.78 is 0. The topological polar surface area (TPSA) is 77.9 Å². The first-order valence-corrected chi connectivity index (χ1v) is 14.9. The molecule has 2 aromatic carbocycles. The Hall–Kier alpha value is -4.46. The summed E-state index contributed by atoms with van der Waals surface area (Å²) in [5, 5.41) is 5.96. The summed E-state index contributed by atoms with van der Waals surface area (Å²) in [7, 11) is 0. The number of nitrogens with one attached hydrogen (secondary N) is 1. The number of aromatic nitrogens is 1. The Morgan fingerprint density at radius 1 is 1.02 bits per heavy atom. The van der Waals surface area contributed by atoms with Crippen LogP contribution in [-0.2, 0) is 0 Å². The molecule has 1 fully saturated rings. The number of nitrogens with zero attached hydrogens (tertiary/aromatic N) is 4. The van der Waals surface area contributed by atoms with Gasteiger partial charge in [0.25, 0.3) is 0 Å². The number of allylic oxidation sites excluding steroid dienone is 3. The number of carbonyl (C=O) groups is 1. The molecule has 0 atom stereocenters. The van der Waals surface area contributed by atoms with E-state index in [1.807, 2.05) is 24.4 Å². The molecule has 2 aliphatic heterocycles. The second kappa shape index (κ2) is 14.1. The third-order valence-electron chi connectivity index (χ3n) is 8.24. The predicted molar refractivity (Wildman–Crippen MR) is 177 cm³/mol. The summed E-state index contributed by atoms with van der Waals surface area (Å²) in [6.45, 7) is 16.6. The van der Waals surface area contributed by atoms with Crippen molar-refractivity contribution in [2.75, 3.05) is 50.7 Å². The van der Waals surface area contributed by atoms with Crippen LogP contribution < -0.4 is 10.2 Å². The number of anilines is 1. The highest BCUT2D eigenvalue weighted by Crippen LogP contribution is 2.31. The molecule has 3 aromatic rings. The number of pyridine rings is 1.